The van der Waals surface area contributed by atoms with E-state index in [0.717, 1.165) is 31.4 Å². The molecule has 1 aliphatic carbocycles. The predicted octanol–water partition coefficient (Wildman–Crippen LogP) is 3.47. The number of ether oxygens (including phenoxy) is 2. The molecule has 2 heterocycles. The second-order valence-corrected chi connectivity index (χ2v) is 6.87. The molecule has 2 aliphatic rings. The van der Waals surface area contributed by atoms with Crippen LogP contribution in [0.15, 0.2) is 41.0 Å². The van der Waals surface area contributed by atoms with E-state index < -0.39 is 5.79 Å². The van der Waals surface area contributed by atoms with Crippen LogP contribution in [0, 0.1) is 0 Å². The first kappa shape index (κ1) is 17.5. The zero-order chi connectivity index (χ0) is 18.7. The second kappa shape index (κ2) is 7.34. The Morgan fingerprint density at radius 3 is 2.63 bits per heavy atom. The van der Waals surface area contributed by atoms with Gasteiger partial charge in [-0.1, -0.05) is 6.42 Å². The molecule has 0 bridgehead atoms. The highest BCUT2D eigenvalue weighted by atomic mass is 16.7. The van der Waals surface area contributed by atoms with Gasteiger partial charge in [-0.2, -0.15) is 0 Å². The van der Waals surface area contributed by atoms with Crippen molar-refractivity contribution in [1.29, 1.82) is 0 Å². The number of benzene rings is 1. The third-order valence-corrected chi connectivity index (χ3v) is 4.82. The molecule has 0 unspecified atom stereocenters. The van der Waals surface area contributed by atoms with Crippen molar-refractivity contribution in [3.8, 4) is 11.5 Å². The van der Waals surface area contributed by atoms with Gasteiger partial charge in [0, 0.05) is 37.6 Å². The molecule has 1 spiro atoms. The number of anilines is 1. The molecular weight excluding hydrogens is 348 g/mol. The van der Waals surface area contributed by atoms with Gasteiger partial charge in [0.2, 0.25) is 5.91 Å². The van der Waals surface area contributed by atoms with Crippen molar-refractivity contribution in [2.75, 3.05) is 11.9 Å². The molecular formula is C20H22N2O5. The van der Waals surface area contributed by atoms with Gasteiger partial charge >= 0.3 is 0 Å². The van der Waals surface area contributed by atoms with E-state index in [1.165, 1.54) is 12.7 Å². The Hall–Kier alpha value is -2.96. The fraction of sp³-hybridized carbons (Fsp3) is 0.400. The molecule has 0 saturated heterocycles. The largest absolute Gasteiger partial charge is 0.459 e. The molecule has 7 heteroatoms. The zero-order valence-corrected chi connectivity index (χ0v) is 15.0. The average molecular weight is 370 g/mol. The summed E-state index contributed by atoms with van der Waals surface area (Å²) in [6.07, 6.45) is 6.77. The van der Waals surface area contributed by atoms with Crippen LogP contribution in [0.2, 0.25) is 0 Å². The Balaban J connectivity index is 1.28. The molecule has 1 aromatic heterocycles. The molecule has 2 N–H and O–H groups in total. The maximum atomic E-state index is 12.1. The summed E-state index contributed by atoms with van der Waals surface area (Å²) >= 11 is 0. The molecule has 1 saturated carbocycles. The van der Waals surface area contributed by atoms with Crippen LogP contribution < -0.4 is 20.1 Å². The number of nitrogens with one attached hydrogen (secondary N) is 2. The number of hydrogen-bond acceptors (Lipinski definition) is 5. The summed E-state index contributed by atoms with van der Waals surface area (Å²) in [4.78, 5) is 23.9. The van der Waals surface area contributed by atoms with Gasteiger partial charge in [-0.25, -0.2) is 0 Å². The van der Waals surface area contributed by atoms with Gasteiger partial charge in [0.25, 0.3) is 11.7 Å². The first-order valence-electron chi connectivity index (χ1n) is 9.27. The van der Waals surface area contributed by atoms with Crippen molar-refractivity contribution < 1.29 is 23.5 Å². The molecule has 142 valence electrons. The van der Waals surface area contributed by atoms with Crippen molar-refractivity contribution in [2.45, 2.75) is 44.3 Å². The van der Waals surface area contributed by atoms with Gasteiger partial charge in [0.15, 0.2) is 17.3 Å². The minimum Gasteiger partial charge on any atom is -0.459 e. The molecule has 2 amide bonds. The van der Waals surface area contributed by atoms with Crippen molar-refractivity contribution >= 4 is 17.5 Å². The van der Waals surface area contributed by atoms with Gasteiger partial charge in [0.1, 0.15) is 0 Å². The van der Waals surface area contributed by atoms with Gasteiger partial charge in [-0.05, 0) is 37.1 Å². The molecule has 4 rings (SSSR count). The van der Waals surface area contributed by atoms with Crippen molar-refractivity contribution in [1.82, 2.24) is 5.32 Å². The topological polar surface area (TPSA) is 89.8 Å². The van der Waals surface area contributed by atoms with Crippen LogP contribution in [0.25, 0.3) is 0 Å². The van der Waals surface area contributed by atoms with E-state index in [2.05, 4.69) is 10.6 Å². The highest BCUT2D eigenvalue weighted by molar-refractivity contribution is 5.93. The van der Waals surface area contributed by atoms with Crippen LogP contribution in [0.5, 0.6) is 11.5 Å². The highest BCUT2D eigenvalue weighted by Crippen LogP contribution is 2.46. The Morgan fingerprint density at radius 1 is 1.04 bits per heavy atom. The van der Waals surface area contributed by atoms with Crippen molar-refractivity contribution in [2.24, 2.45) is 0 Å². The van der Waals surface area contributed by atoms with Crippen molar-refractivity contribution in [3.05, 3.63) is 42.4 Å². The van der Waals surface area contributed by atoms with E-state index in [4.69, 9.17) is 13.9 Å². The third kappa shape index (κ3) is 3.92. The lowest BCUT2D eigenvalue weighted by molar-refractivity contribution is -0.116. The Morgan fingerprint density at radius 2 is 1.85 bits per heavy atom. The summed E-state index contributed by atoms with van der Waals surface area (Å²) in [5.41, 5.74) is 0.646. The number of carbonyl (C=O) groups excluding carboxylic acids is 2. The first-order chi connectivity index (χ1) is 13.1. The third-order valence-electron chi connectivity index (χ3n) is 4.82. The Labute approximate surface area is 157 Å². The van der Waals surface area contributed by atoms with Crippen LogP contribution in [0.1, 0.15) is 49.1 Å². The van der Waals surface area contributed by atoms with Crippen LogP contribution >= 0.6 is 0 Å². The quantitative estimate of drug-likeness (QED) is 0.841. The summed E-state index contributed by atoms with van der Waals surface area (Å²) in [6, 6.07) is 8.62. The smallest absolute Gasteiger partial charge is 0.286 e. The van der Waals surface area contributed by atoms with E-state index in [9.17, 15) is 9.59 Å². The second-order valence-electron chi connectivity index (χ2n) is 6.87. The lowest BCUT2D eigenvalue weighted by atomic mass is 9.94. The zero-order valence-electron chi connectivity index (χ0n) is 15.0. The van der Waals surface area contributed by atoms with Crippen molar-refractivity contribution in [3.63, 3.8) is 0 Å². The van der Waals surface area contributed by atoms with Gasteiger partial charge < -0.3 is 24.5 Å². The minimum absolute atomic E-state index is 0.158. The number of carbonyl (C=O) groups is 2. The van der Waals surface area contributed by atoms with Crippen LogP contribution in [0.3, 0.4) is 0 Å². The van der Waals surface area contributed by atoms with Crippen LogP contribution in [-0.4, -0.2) is 24.1 Å². The van der Waals surface area contributed by atoms with E-state index in [-0.39, 0.29) is 30.5 Å². The summed E-state index contributed by atoms with van der Waals surface area (Å²) in [7, 11) is 0. The monoisotopic (exact) mass is 370 g/mol. The predicted molar refractivity (Wildman–Crippen MR) is 97.8 cm³/mol. The highest BCUT2D eigenvalue weighted by Gasteiger charge is 2.42. The number of hydrogen-bond donors (Lipinski definition) is 2. The lowest BCUT2D eigenvalue weighted by Crippen LogP contribution is -2.40. The maximum absolute atomic E-state index is 12.1. The summed E-state index contributed by atoms with van der Waals surface area (Å²) in [6.45, 7) is 0.221. The SMILES string of the molecule is O=C(CCNC(=O)c1ccco1)Nc1ccc2c(c1)OC1(CCCCC1)O2. The van der Waals surface area contributed by atoms with Gasteiger partial charge in [0.05, 0.1) is 6.26 Å². The molecule has 7 nitrogen and oxygen atoms in total. The van der Waals surface area contributed by atoms with E-state index in [0.29, 0.717) is 11.4 Å². The molecule has 0 atom stereocenters. The normalized spacial score (nSPS) is 16.9. The van der Waals surface area contributed by atoms with E-state index >= 15 is 0 Å². The summed E-state index contributed by atoms with van der Waals surface area (Å²) in [5.74, 6) is 0.554. The number of amides is 2. The molecule has 1 aliphatic heterocycles. The number of fused-ring (bicyclic) bond motifs is 1. The fourth-order valence-electron chi connectivity index (χ4n) is 3.47. The van der Waals surface area contributed by atoms with E-state index in [1.54, 1.807) is 24.3 Å². The number of rotatable bonds is 5. The van der Waals surface area contributed by atoms with Crippen LogP contribution in [-0.2, 0) is 4.79 Å². The minimum atomic E-state index is -0.528. The summed E-state index contributed by atoms with van der Waals surface area (Å²) in [5, 5.41) is 5.47. The summed E-state index contributed by atoms with van der Waals surface area (Å²) < 4.78 is 17.1. The first-order valence-corrected chi connectivity index (χ1v) is 9.27. The molecule has 1 aromatic carbocycles. The van der Waals surface area contributed by atoms with Gasteiger partial charge in [-0.3, -0.25) is 9.59 Å². The molecule has 1 fully saturated rings. The standard InChI is InChI=1S/C20H22N2O5/c23-18(8-11-21-19(24)16-5-4-12-25-16)22-14-6-7-15-17(13-14)27-20(26-15)9-2-1-3-10-20/h4-7,12-13H,1-3,8-11H2,(H,21,24)(H,22,23). The fourth-order valence-corrected chi connectivity index (χ4v) is 3.47. The maximum Gasteiger partial charge on any atom is 0.286 e. The van der Waals surface area contributed by atoms with Gasteiger partial charge in [-0.15, -0.1) is 0 Å². The molecule has 0 radical (unpaired) electrons. The Kier molecular flexibility index (Phi) is 4.75. The lowest BCUT2D eigenvalue weighted by Gasteiger charge is -2.31. The van der Waals surface area contributed by atoms with Crippen LogP contribution in [0.4, 0.5) is 5.69 Å². The molecule has 27 heavy (non-hydrogen) atoms. The number of furan rings is 1. The van der Waals surface area contributed by atoms with E-state index in [1.807, 2.05) is 6.07 Å². The Bertz CT molecular complexity index is 825. The molecule has 2 aromatic rings. The average Bonchev–Trinajstić information content (AvgIpc) is 3.30.